The minimum atomic E-state index is -0.730. The summed E-state index contributed by atoms with van der Waals surface area (Å²) in [6, 6.07) is 4.26. The number of halogens is 2. The molecule has 0 radical (unpaired) electrons. The fourth-order valence-corrected chi connectivity index (χ4v) is 5.46. The van der Waals surface area contributed by atoms with Crippen LogP contribution in [0.25, 0.3) is 0 Å². The Bertz CT molecular complexity index is 694. The van der Waals surface area contributed by atoms with E-state index >= 15 is 0 Å². The monoisotopic (exact) mass is 399 g/mol. The minimum absolute atomic E-state index is 0.468. The van der Waals surface area contributed by atoms with Gasteiger partial charge in [-0.1, -0.05) is 38.3 Å². The molecular weight excluding hydrogens is 364 g/mol. The van der Waals surface area contributed by atoms with Gasteiger partial charge in [-0.15, -0.1) is 0 Å². The van der Waals surface area contributed by atoms with Gasteiger partial charge in [0.15, 0.2) is 0 Å². The van der Waals surface area contributed by atoms with E-state index in [-0.39, 0.29) is 0 Å². The molecule has 0 bridgehead atoms. The number of unbranched alkanes of at least 4 members (excludes halogenated alkanes) is 1. The number of hydrogen-bond donors (Lipinski definition) is 0. The molecule has 1 nitrogen and oxygen atoms in total. The van der Waals surface area contributed by atoms with Crippen LogP contribution < -0.4 is 0 Å². The number of allylic oxidation sites excluding steroid dienone is 2. The van der Waals surface area contributed by atoms with Crippen LogP contribution in [-0.4, -0.2) is 0 Å². The van der Waals surface area contributed by atoms with E-state index < -0.39 is 17.2 Å². The molecule has 3 heteroatoms. The van der Waals surface area contributed by atoms with Crippen molar-refractivity contribution in [1.82, 2.24) is 0 Å². The largest absolute Gasteiger partial charge is 0.205 e. The van der Waals surface area contributed by atoms with Gasteiger partial charge in [-0.3, -0.25) is 0 Å². The molecule has 0 amide bonds. The van der Waals surface area contributed by atoms with Crippen LogP contribution in [0.4, 0.5) is 8.78 Å². The first-order valence-corrected chi connectivity index (χ1v) is 11.6. The van der Waals surface area contributed by atoms with Crippen molar-refractivity contribution in [3.8, 4) is 6.07 Å². The molecule has 1 aromatic rings. The van der Waals surface area contributed by atoms with Crippen LogP contribution in [0.3, 0.4) is 0 Å². The Morgan fingerprint density at radius 3 is 2.10 bits per heavy atom. The molecule has 2 saturated carbocycles. The number of nitrogens with zero attached hydrogens (tertiary/aromatic N) is 1. The van der Waals surface area contributed by atoms with Crippen LogP contribution >= 0.6 is 0 Å². The standard InChI is InChI=1S/C26H35F2N/c1-2-3-4-5-19-8-12-22(13-9-19)23-14-10-20(11-15-23)6-7-21-16-25(27)24(18-29)26(28)17-21/h4-5,16-17,19-20,22-23H,2-3,6-15H2,1H3/b5-4+. The third kappa shape index (κ3) is 6.14. The molecule has 3 rings (SSSR count). The van der Waals surface area contributed by atoms with Gasteiger partial charge in [0.2, 0.25) is 0 Å². The van der Waals surface area contributed by atoms with Gasteiger partial charge in [0, 0.05) is 0 Å². The van der Waals surface area contributed by atoms with E-state index in [0.29, 0.717) is 17.9 Å². The summed E-state index contributed by atoms with van der Waals surface area (Å²) in [4.78, 5) is 0. The van der Waals surface area contributed by atoms with Crippen LogP contribution in [0, 0.1) is 46.6 Å². The summed E-state index contributed by atoms with van der Waals surface area (Å²) in [6.07, 6.45) is 19.6. The Morgan fingerprint density at radius 1 is 0.966 bits per heavy atom. The van der Waals surface area contributed by atoms with Crippen LogP contribution in [-0.2, 0) is 6.42 Å². The summed E-state index contributed by atoms with van der Waals surface area (Å²) in [5.41, 5.74) is 0.209. The average molecular weight is 400 g/mol. The molecule has 0 N–H and O–H groups in total. The summed E-state index contributed by atoms with van der Waals surface area (Å²) < 4.78 is 27.6. The lowest BCUT2D eigenvalue weighted by Crippen LogP contribution is -2.25. The van der Waals surface area contributed by atoms with Gasteiger partial charge in [-0.2, -0.15) is 5.26 Å². The second-order valence-electron chi connectivity index (χ2n) is 9.26. The Kier molecular flexibility index (Phi) is 8.28. The van der Waals surface area contributed by atoms with Crippen LogP contribution in [0.1, 0.15) is 88.7 Å². The third-order valence-corrected chi connectivity index (χ3v) is 7.29. The smallest absolute Gasteiger partial charge is 0.144 e. The lowest BCUT2D eigenvalue weighted by molar-refractivity contribution is 0.152. The van der Waals surface area contributed by atoms with Crippen molar-refractivity contribution >= 4 is 0 Å². The van der Waals surface area contributed by atoms with Crippen molar-refractivity contribution in [3.63, 3.8) is 0 Å². The fraction of sp³-hybridized carbons (Fsp3) is 0.654. The van der Waals surface area contributed by atoms with Crippen molar-refractivity contribution in [1.29, 1.82) is 5.26 Å². The Hall–Kier alpha value is -1.69. The van der Waals surface area contributed by atoms with E-state index in [9.17, 15) is 8.78 Å². The molecule has 0 aliphatic heterocycles. The highest BCUT2D eigenvalue weighted by Gasteiger charge is 2.30. The van der Waals surface area contributed by atoms with Gasteiger partial charge in [-0.25, -0.2) is 8.78 Å². The fourth-order valence-electron chi connectivity index (χ4n) is 5.46. The SMILES string of the molecule is CCC/C=C/C1CCC(C2CCC(CCc3cc(F)c(C#N)c(F)c3)CC2)CC1. The molecule has 0 atom stereocenters. The second kappa shape index (κ2) is 10.9. The maximum absolute atomic E-state index is 13.8. The van der Waals surface area contributed by atoms with Crippen LogP contribution in [0.5, 0.6) is 0 Å². The Morgan fingerprint density at radius 2 is 1.55 bits per heavy atom. The first-order chi connectivity index (χ1) is 14.1. The number of rotatable bonds is 7. The first-order valence-electron chi connectivity index (χ1n) is 11.6. The molecule has 1 aromatic carbocycles. The van der Waals surface area contributed by atoms with Crippen molar-refractivity contribution in [2.75, 3.05) is 0 Å². The number of hydrogen-bond acceptors (Lipinski definition) is 1. The third-order valence-electron chi connectivity index (χ3n) is 7.29. The summed E-state index contributed by atoms with van der Waals surface area (Å²) >= 11 is 0. The zero-order valence-corrected chi connectivity index (χ0v) is 17.8. The van der Waals surface area contributed by atoms with E-state index in [0.717, 1.165) is 24.2 Å². The lowest BCUT2D eigenvalue weighted by atomic mass is 9.68. The molecule has 158 valence electrons. The normalized spacial score (nSPS) is 27.8. The summed E-state index contributed by atoms with van der Waals surface area (Å²) in [7, 11) is 0. The maximum atomic E-state index is 13.8. The van der Waals surface area contributed by atoms with Crippen molar-refractivity contribution in [2.24, 2.45) is 23.7 Å². The van der Waals surface area contributed by atoms with E-state index in [1.54, 1.807) is 6.07 Å². The van der Waals surface area contributed by atoms with E-state index in [4.69, 9.17) is 5.26 Å². The predicted molar refractivity (Wildman–Crippen MR) is 114 cm³/mol. The number of benzene rings is 1. The molecule has 0 saturated heterocycles. The highest BCUT2D eigenvalue weighted by Crippen LogP contribution is 2.42. The molecule has 0 heterocycles. The molecule has 2 aliphatic rings. The topological polar surface area (TPSA) is 23.8 Å². The van der Waals surface area contributed by atoms with Crippen LogP contribution in [0.15, 0.2) is 24.3 Å². The summed E-state index contributed by atoms with van der Waals surface area (Å²) in [5, 5.41) is 8.79. The molecule has 29 heavy (non-hydrogen) atoms. The van der Waals surface area contributed by atoms with E-state index in [2.05, 4.69) is 19.1 Å². The molecular formula is C26H35F2N. The number of aryl methyl sites for hydroxylation is 1. The highest BCUT2D eigenvalue weighted by atomic mass is 19.1. The van der Waals surface area contributed by atoms with Crippen LogP contribution in [0.2, 0.25) is 0 Å². The summed E-state index contributed by atoms with van der Waals surface area (Å²) in [5.74, 6) is 1.81. The van der Waals surface area contributed by atoms with Gasteiger partial charge in [0.05, 0.1) is 0 Å². The second-order valence-corrected chi connectivity index (χ2v) is 9.26. The Balaban J connectivity index is 1.40. The maximum Gasteiger partial charge on any atom is 0.144 e. The predicted octanol–water partition coefficient (Wildman–Crippen LogP) is 7.74. The highest BCUT2D eigenvalue weighted by molar-refractivity contribution is 5.35. The van der Waals surface area contributed by atoms with Crippen molar-refractivity contribution in [3.05, 3.63) is 47.0 Å². The van der Waals surface area contributed by atoms with Crippen molar-refractivity contribution in [2.45, 2.75) is 84.0 Å². The quantitative estimate of drug-likeness (QED) is 0.430. The van der Waals surface area contributed by atoms with Crippen molar-refractivity contribution < 1.29 is 8.78 Å². The zero-order chi connectivity index (χ0) is 20.6. The minimum Gasteiger partial charge on any atom is -0.205 e. The van der Waals surface area contributed by atoms with E-state index in [1.165, 1.54) is 76.3 Å². The molecule has 2 fully saturated rings. The van der Waals surface area contributed by atoms with Gasteiger partial charge in [0.25, 0.3) is 0 Å². The molecule has 0 unspecified atom stereocenters. The van der Waals surface area contributed by atoms with Gasteiger partial charge in [0.1, 0.15) is 23.3 Å². The zero-order valence-electron chi connectivity index (χ0n) is 17.8. The van der Waals surface area contributed by atoms with Gasteiger partial charge < -0.3 is 0 Å². The molecule has 0 spiro atoms. The summed E-state index contributed by atoms with van der Waals surface area (Å²) in [6.45, 7) is 2.23. The lowest BCUT2D eigenvalue weighted by Gasteiger charge is -2.37. The molecule has 2 aliphatic carbocycles. The Labute approximate surface area is 175 Å². The first kappa shape index (κ1) is 22.0. The average Bonchev–Trinajstić information content (AvgIpc) is 2.73. The molecule has 0 aromatic heterocycles. The van der Waals surface area contributed by atoms with E-state index in [1.807, 2.05) is 0 Å². The van der Waals surface area contributed by atoms with Gasteiger partial charge in [-0.05, 0) is 99.2 Å². The number of nitriles is 1. The van der Waals surface area contributed by atoms with Gasteiger partial charge >= 0.3 is 0 Å².